The molecule has 2 rings (SSSR count). The Morgan fingerprint density at radius 2 is 2.00 bits per heavy atom. The molecule has 0 fully saturated rings. The molecule has 0 saturated heterocycles. The van der Waals surface area contributed by atoms with Crippen LogP contribution in [0.5, 0.6) is 0 Å². The average molecular weight is 289 g/mol. The highest BCUT2D eigenvalue weighted by atomic mass is 16.4. The number of carbonyl (C=O) groups excluding carboxylic acids is 1. The Bertz CT molecular complexity index is 585. The number of carboxylic acids is 1. The van der Waals surface area contributed by atoms with Gasteiger partial charge in [-0.15, -0.1) is 0 Å². The third kappa shape index (κ3) is 4.30. The maximum absolute atomic E-state index is 11.6. The highest BCUT2D eigenvalue weighted by molar-refractivity contribution is 5.79. The molecule has 0 spiro atoms. The smallest absolute Gasteiger partial charge is 0.315 e. The number of hydrogen-bond acceptors (Lipinski definition) is 4. The third-order valence-corrected chi connectivity index (χ3v) is 2.85. The van der Waals surface area contributed by atoms with Crippen LogP contribution in [0.15, 0.2) is 36.7 Å². The lowest BCUT2D eigenvalue weighted by atomic mass is 9.99. The van der Waals surface area contributed by atoms with Gasteiger partial charge in [-0.2, -0.15) is 5.10 Å². The number of rotatable bonds is 6. The van der Waals surface area contributed by atoms with E-state index in [1.165, 1.54) is 6.33 Å². The summed E-state index contributed by atoms with van der Waals surface area (Å²) in [4.78, 5) is 26.7. The van der Waals surface area contributed by atoms with E-state index in [1.54, 1.807) is 30.3 Å². The summed E-state index contributed by atoms with van der Waals surface area (Å²) >= 11 is 0. The van der Waals surface area contributed by atoms with Crippen LogP contribution < -0.4 is 10.6 Å². The predicted octanol–water partition coefficient (Wildman–Crippen LogP) is 0.472. The SMILES string of the molecule is O=C(NCc1ncn[nH]1)NCC(C(=O)O)c1ccccc1. The lowest BCUT2D eigenvalue weighted by Gasteiger charge is -2.14. The maximum Gasteiger partial charge on any atom is 0.315 e. The number of aromatic amines is 1. The molecule has 8 nitrogen and oxygen atoms in total. The molecule has 2 aromatic rings. The molecule has 0 saturated carbocycles. The van der Waals surface area contributed by atoms with E-state index in [-0.39, 0.29) is 13.1 Å². The minimum Gasteiger partial charge on any atom is -0.481 e. The lowest BCUT2D eigenvalue weighted by molar-refractivity contribution is -0.138. The second-order valence-electron chi connectivity index (χ2n) is 4.30. The van der Waals surface area contributed by atoms with Crippen LogP contribution in [0.3, 0.4) is 0 Å². The van der Waals surface area contributed by atoms with E-state index in [9.17, 15) is 14.7 Å². The van der Waals surface area contributed by atoms with Gasteiger partial charge in [0.2, 0.25) is 0 Å². The first-order valence-corrected chi connectivity index (χ1v) is 6.30. The van der Waals surface area contributed by atoms with Crippen molar-refractivity contribution in [1.82, 2.24) is 25.8 Å². The van der Waals surface area contributed by atoms with Crippen molar-refractivity contribution < 1.29 is 14.7 Å². The Hall–Kier alpha value is -2.90. The number of urea groups is 1. The van der Waals surface area contributed by atoms with Gasteiger partial charge >= 0.3 is 12.0 Å². The minimum atomic E-state index is -0.989. The lowest BCUT2D eigenvalue weighted by Crippen LogP contribution is -2.39. The Morgan fingerprint density at radius 1 is 1.24 bits per heavy atom. The van der Waals surface area contributed by atoms with Crippen molar-refractivity contribution in [2.75, 3.05) is 6.54 Å². The Labute approximate surface area is 120 Å². The topological polar surface area (TPSA) is 120 Å². The van der Waals surface area contributed by atoms with Crippen molar-refractivity contribution in [3.05, 3.63) is 48.0 Å². The molecule has 1 aromatic carbocycles. The fourth-order valence-electron chi connectivity index (χ4n) is 1.77. The summed E-state index contributed by atoms with van der Waals surface area (Å²) in [5.41, 5.74) is 0.639. The zero-order valence-corrected chi connectivity index (χ0v) is 11.1. The highest BCUT2D eigenvalue weighted by Gasteiger charge is 2.20. The van der Waals surface area contributed by atoms with Crippen molar-refractivity contribution in [2.24, 2.45) is 0 Å². The van der Waals surface area contributed by atoms with Crippen molar-refractivity contribution in [3.63, 3.8) is 0 Å². The zero-order valence-electron chi connectivity index (χ0n) is 11.1. The van der Waals surface area contributed by atoms with Crippen LogP contribution in [0.1, 0.15) is 17.3 Å². The standard InChI is InChI=1S/C13H15N5O3/c19-12(20)10(9-4-2-1-3-5-9)6-14-13(21)15-7-11-16-8-17-18-11/h1-5,8,10H,6-7H2,(H,19,20)(H2,14,15,21)(H,16,17,18). The Kier molecular flexibility index (Phi) is 4.86. The van der Waals surface area contributed by atoms with E-state index >= 15 is 0 Å². The van der Waals surface area contributed by atoms with Gasteiger partial charge in [0, 0.05) is 6.54 Å². The predicted molar refractivity (Wildman–Crippen MR) is 73.4 cm³/mol. The minimum absolute atomic E-state index is 0.00157. The number of aliphatic carboxylic acids is 1. The molecule has 0 bridgehead atoms. The fraction of sp³-hybridized carbons (Fsp3) is 0.231. The molecule has 1 aromatic heterocycles. The second kappa shape index (κ2) is 7.04. The van der Waals surface area contributed by atoms with Gasteiger partial charge in [0.1, 0.15) is 12.2 Å². The van der Waals surface area contributed by atoms with Gasteiger partial charge in [-0.1, -0.05) is 30.3 Å². The number of amides is 2. The average Bonchev–Trinajstić information content (AvgIpc) is 2.99. The summed E-state index contributed by atoms with van der Waals surface area (Å²) in [6.07, 6.45) is 1.34. The summed E-state index contributed by atoms with van der Waals surface area (Å²) in [7, 11) is 0. The fourth-order valence-corrected chi connectivity index (χ4v) is 1.77. The summed E-state index contributed by atoms with van der Waals surface area (Å²) in [6.45, 7) is 0.191. The van der Waals surface area contributed by atoms with Crippen LogP contribution in [0.2, 0.25) is 0 Å². The van der Waals surface area contributed by atoms with E-state index in [0.717, 1.165) is 0 Å². The van der Waals surface area contributed by atoms with Gasteiger partial charge in [0.05, 0.1) is 12.5 Å². The molecule has 4 N–H and O–H groups in total. The van der Waals surface area contributed by atoms with Crippen LogP contribution in [0, 0.1) is 0 Å². The summed E-state index contributed by atoms with van der Waals surface area (Å²) in [5.74, 6) is -1.26. The van der Waals surface area contributed by atoms with Crippen molar-refractivity contribution in [1.29, 1.82) is 0 Å². The van der Waals surface area contributed by atoms with Gasteiger partial charge < -0.3 is 15.7 Å². The van der Waals surface area contributed by atoms with E-state index < -0.39 is 17.9 Å². The molecule has 1 heterocycles. The largest absolute Gasteiger partial charge is 0.481 e. The molecule has 110 valence electrons. The maximum atomic E-state index is 11.6. The molecular weight excluding hydrogens is 274 g/mol. The molecule has 0 radical (unpaired) electrons. The number of hydrogen-bond donors (Lipinski definition) is 4. The molecule has 2 amide bonds. The van der Waals surface area contributed by atoms with Gasteiger partial charge in [0.25, 0.3) is 0 Å². The van der Waals surface area contributed by atoms with Crippen LogP contribution >= 0.6 is 0 Å². The van der Waals surface area contributed by atoms with E-state index in [1.807, 2.05) is 0 Å². The first kappa shape index (κ1) is 14.5. The van der Waals surface area contributed by atoms with Crippen molar-refractivity contribution in [3.8, 4) is 0 Å². The van der Waals surface area contributed by atoms with E-state index in [2.05, 4.69) is 25.8 Å². The second-order valence-corrected chi connectivity index (χ2v) is 4.30. The number of nitrogens with one attached hydrogen (secondary N) is 3. The summed E-state index contributed by atoms with van der Waals surface area (Å²) in [6, 6.07) is 8.29. The van der Waals surface area contributed by atoms with Crippen LogP contribution in [0.25, 0.3) is 0 Å². The third-order valence-electron chi connectivity index (χ3n) is 2.85. The van der Waals surface area contributed by atoms with Crippen molar-refractivity contribution >= 4 is 12.0 Å². The first-order chi connectivity index (χ1) is 10.2. The number of benzene rings is 1. The van der Waals surface area contributed by atoms with Gasteiger partial charge in [0.15, 0.2) is 0 Å². The van der Waals surface area contributed by atoms with Crippen LogP contribution in [-0.2, 0) is 11.3 Å². The number of nitrogens with zero attached hydrogens (tertiary/aromatic N) is 2. The molecule has 8 heteroatoms. The van der Waals surface area contributed by atoms with Crippen molar-refractivity contribution in [2.45, 2.75) is 12.5 Å². The number of aromatic nitrogens is 3. The molecule has 0 aliphatic heterocycles. The van der Waals surface area contributed by atoms with E-state index in [4.69, 9.17) is 0 Å². The quantitative estimate of drug-likeness (QED) is 0.616. The normalized spacial score (nSPS) is 11.6. The number of carboxylic acid groups (broad SMARTS) is 1. The molecule has 1 unspecified atom stereocenters. The van der Waals surface area contributed by atoms with Gasteiger partial charge in [-0.05, 0) is 5.56 Å². The van der Waals surface area contributed by atoms with Crippen LogP contribution in [-0.4, -0.2) is 38.8 Å². The Morgan fingerprint density at radius 3 is 2.62 bits per heavy atom. The summed E-state index contributed by atoms with van der Waals surface area (Å²) in [5, 5.41) is 20.6. The number of carbonyl (C=O) groups is 2. The molecule has 0 aliphatic carbocycles. The van der Waals surface area contributed by atoms with Gasteiger partial charge in [-0.3, -0.25) is 9.89 Å². The number of H-pyrrole nitrogens is 1. The molecule has 1 atom stereocenters. The molecular formula is C13H15N5O3. The zero-order chi connectivity index (χ0) is 15.1. The van der Waals surface area contributed by atoms with Crippen LogP contribution in [0.4, 0.5) is 4.79 Å². The Balaban J connectivity index is 1.84. The molecule has 21 heavy (non-hydrogen) atoms. The molecule has 0 aliphatic rings. The highest BCUT2D eigenvalue weighted by Crippen LogP contribution is 2.14. The van der Waals surface area contributed by atoms with E-state index in [0.29, 0.717) is 11.4 Å². The van der Waals surface area contributed by atoms with Gasteiger partial charge in [-0.25, -0.2) is 9.78 Å². The summed E-state index contributed by atoms with van der Waals surface area (Å²) < 4.78 is 0. The monoisotopic (exact) mass is 289 g/mol. The first-order valence-electron chi connectivity index (χ1n) is 6.30.